The van der Waals surface area contributed by atoms with Crippen LogP contribution in [0.3, 0.4) is 0 Å². The van der Waals surface area contributed by atoms with Crippen LogP contribution in [0.2, 0.25) is 0 Å². The van der Waals surface area contributed by atoms with Crippen LogP contribution in [0.4, 0.5) is 10.8 Å². The second-order valence-electron chi connectivity index (χ2n) is 7.41. The summed E-state index contributed by atoms with van der Waals surface area (Å²) in [5.74, 6) is -0.584. The van der Waals surface area contributed by atoms with Gasteiger partial charge in [-0.15, -0.1) is 11.3 Å². The predicted molar refractivity (Wildman–Crippen MR) is 121 cm³/mol. The highest BCUT2D eigenvalue weighted by atomic mass is 32.1. The lowest BCUT2D eigenvalue weighted by molar-refractivity contribution is -0.123. The van der Waals surface area contributed by atoms with E-state index in [9.17, 15) is 9.59 Å². The van der Waals surface area contributed by atoms with Gasteiger partial charge >= 0.3 is 0 Å². The smallest absolute Gasteiger partial charge is 0.271 e. The number of aromatic nitrogens is 1. The summed E-state index contributed by atoms with van der Waals surface area (Å²) in [5, 5.41) is 11.2. The molecule has 1 unspecified atom stereocenters. The summed E-state index contributed by atoms with van der Waals surface area (Å²) < 4.78 is 0. The summed E-state index contributed by atoms with van der Waals surface area (Å²) in [5.41, 5.74) is 3.30. The van der Waals surface area contributed by atoms with E-state index in [0.29, 0.717) is 11.6 Å². The Balaban J connectivity index is 1.70. The number of nitrogens with zero attached hydrogens (tertiary/aromatic N) is 1. The monoisotopic (exact) mass is 422 g/mol. The second-order valence-corrected chi connectivity index (χ2v) is 8.27. The molecule has 0 radical (unpaired) electrons. The van der Waals surface area contributed by atoms with E-state index < -0.39 is 6.04 Å². The molecule has 1 aromatic heterocycles. The summed E-state index contributed by atoms with van der Waals surface area (Å²) in [4.78, 5) is 29.8. The van der Waals surface area contributed by atoms with Crippen LogP contribution in [0.25, 0.3) is 0 Å². The van der Waals surface area contributed by atoms with E-state index in [4.69, 9.17) is 0 Å². The summed E-state index contributed by atoms with van der Waals surface area (Å²) in [6.45, 7) is 5.80. The van der Waals surface area contributed by atoms with Gasteiger partial charge < -0.3 is 16.0 Å². The van der Waals surface area contributed by atoms with Gasteiger partial charge in [-0.05, 0) is 44.0 Å². The highest BCUT2D eigenvalue weighted by molar-refractivity contribution is 7.14. The van der Waals surface area contributed by atoms with Crippen molar-refractivity contribution in [1.82, 2.24) is 15.6 Å². The van der Waals surface area contributed by atoms with Crippen molar-refractivity contribution >= 4 is 34.0 Å². The van der Waals surface area contributed by atoms with Crippen LogP contribution in [0.5, 0.6) is 0 Å². The summed E-state index contributed by atoms with van der Waals surface area (Å²) in [7, 11) is 0. The van der Waals surface area contributed by atoms with Crippen molar-refractivity contribution in [3.05, 3.63) is 76.8 Å². The molecular formula is C23H26N4O2S. The maximum atomic E-state index is 12.8. The Morgan fingerprint density at radius 1 is 1.03 bits per heavy atom. The molecule has 1 atom stereocenters. The van der Waals surface area contributed by atoms with Crippen LogP contribution >= 0.6 is 11.3 Å². The topological polar surface area (TPSA) is 83.1 Å². The fourth-order valence-corrected chi connectivity index (χ4v) is 3.67. The fourth-order valence-electron chi connectivity index (χ4n) is 2.96. The molecule has 0 fully saturated rings. The highest BCUT2D eigenvalue weighted by Gasteiger charge is 2.23. The van der Waals surface area contributed by atoms with Crippen LogP contribution < -0.4 is 16.0 Å². The minimum absolute atomic E-state index is 0.0166. The largest absolute Gasteiger partial charge is 0.352 e. The van der Waals surface area contributed by atoms with E-state index in [1.807, 2.05) is 75.4 Å². The Bertz CT molecular complexity index is 1000. The van der Waals surface area contributed by atoms with Crippen molar-refractivity contribution in [1.29, 1.82) is 0 Å². The van der Waals surface area contributed by atoms with E-state index in [2.05, 4.69) is 20.9 Å². The van der Waals surface area contributed by atoms with Crippen molar-refractivity contribution in [2.45, 2.75) is 39.3 Å². The van der Waals surface area contributed by atoms with E-state index in [0.717, 1.165) is 16.8 Å². The normalized spacial score (nSPS) is 11.7. The van der Waals surface area contributed by atoms with Gasteiger partial charge in [0.25, 0.3) is 5.91 Å². The third-order valence-corrected chi connectivity index (χ3v) is 5.10. The molecule has 7 heteroatoms. The first kappa shape index (κ1) is 21.5. The molecule has 2 aromatic carbocycles. The molecule has 0 saturated heterocycles. The van der Waals surface area contributed by atoms with Gasteiger partial charge in [0.1, 0.15) is 11.7 Å². The predicted octanol–water partition coefficient (Wildman–Crippen LogP) is 4.06. The lowest BCUT2D eigenvalue weighted by Crippen LogP contribution is -2.49. The minimum Gasteiger partial charge on any atom is -0.352 e. The number of benzene rings is 2. The van der Waals surface area contributed by atoms with Crippen LogP contribution in [0.15, 0.2) is 60.0 Å². The number of carbonyl (C=O) groups is 2. The molecule has 0 spiro atoms. The molecule has 3 rings (SSSR count). The number of hydrogen-bond acceptors (Lipinski definition) is 5. The van der Waals surface area contributed by atoms with E-state index >= 15 is 0 Å². The Morgan fingerprint density at radius 3 is 2.50 bits per heavy atom. The third-order valence-electron chi connectivity index (χ3n) is 4.34. The first-order valence-electron chi connectivity index (χ1n) is 9.85. The SMILES string of the molecule is Cc1cccc(Nc2nc(C(=O)NC(Cc3ccccc3)C(=O)NC(C)C)cs2)c1. The second kappa shape index (κ2) is 10.0. The van der Waals surface area contributed by atoms with Crippen molar-refractivity contribution in [2.24, 2.45) is 0 Å². The van der Waals surface area contributed by atoms with Crippen molar-refractivity contribution in [2.75, 3.05) is 5.32 Å². The summed E-state index contributed by atoms with van der Waals surface area (Å²) in [6.07, 6.45) is 0.406. The molecule has 0 aliphatic rings. The lowest BCUT2D eigenvalue weighted by Gasteiger charge is -2.19. The maximum Gasteiger partial charge on any atom is 0.271 e. The van der Waals surface area contributed by atoms with Crippen molar-refractivity contribution in [3.8, 4) is 0 Å². The Labute approximate surface area is 180 Å². The molecule has 1 heterocycles. The average molecular weight is 423 g/mol. The Hall–Kier alpha value is -3.19. The van der Waals surface area contributed by atoms with Gasteiger partial charge in [-0.3, -0.25) is 9.59 Å². The van der Waals surface area contributed by atoms with Gasteiger partial charge in [-0.25, -0.2) is 4.98 Å². The van der Waals surface area contributed by atoms with Gasteiger partial charge in [-0.2, -0.15) is 0 Å². The Morgan fingerprint density at radius 2 is 1.80 bits per heavy atom. The van der Waals surface area contributed by atoms with Crippen LogP contribution in [-0.2, 0) is 11.2 Å². The average Bonchev–Trinajstić information content (AvgIpc) is 3.16. The third kappa shape index (κ3) is 6.15. The zero-order valence-electron chi connectivity index (χ0n) is 17.3. The van der Waals surface area contributed by atoms with Crippen molar-refractivity contribution in [3.63, 3.8) is 0 Å². The molecule has 2 amide bonds. The van der Waals surface area contributed by atoms with Gasteiger partial charge in [-0.1, -0.05) is 42.5 Å². The molecule has 0 saturated carbocycles. The number of anilines is 2. The van der Waals surface area contributed by atoms with E-state index in [1.165, 1.54) is 11.3 Å². The standard InChI is InChI=1S/C23H26N4O2S/c1-15(2)24-21(28)19(13-17-9-5-4-6-10-17)26-22(29)20-14-30-23(27-20)25-18-11-7-8-16(3)12-18/h4-12,14-15,19H,13H2,1-3H3,(H,24,28)(H,25,27)(H,26,29). The minimum atomic E-state index is -0.683. The van der Waals surface area contributed by atoms with E-state index in [-0.39, 0.29) is 23.6 Å². The molecule has 3 N–H and O–H groups in total. The molecule has 0 bridgehead atoms. The number of thiazole rings is 1. The molecule has 156 valence electrons. The molecule has 6 nitrogen and oxygen atoms in total. The number of aryl methyl sites for hydroxylation is 1. The van der Waals surface area contributed by atoms with Crippen LogP contribution in [-0.4, -0.2) is 28.9 Å². The number of amides is 2. The number of carbonyl (C=O) groups excluding carboxylic acids is 2. The highest BCUT2D eigenvalue weighted by Crippen LogP contribution is 2.21. The lowest BCUT2D eigenvalue weighted by atomic mass is 10.0. The van der Waals surface area contributed by atoms with Crippen molar-refractivity contribution < 1.29 is 9.59 Å². The zero-order chi connectivity index (χ0) is 21.5. The zero-order valence-corrected chi connectivity index (χ0v) is 18.1. The molecule has 0 aliphatic heterocycles. The maximum absolute atomic E-state index is 12.8. The number of hydrogen-bond donors (Lipinski definition) is 3. The fraction of sp³-hybridized carbons (Fsp3) is 0.261. The molecule has 30 heavy (non-hydrogen) atoms. The van der Waals surface area contributed by atoms with Gasteiger partial charge in [0, 0.05) is 23.5 Å². The number of rotatable bonds is 8. The van der Waals surface area contributed by atoms with Gasteiger partial charge in [0.05, 0.1) is 0 Å². The first-order chi connectivity index (χ1) is 14.4. The molecule has 3 aromatic rings. The van der Waals surface area contributed by atoms with Crippen LogP contribution in [0, 0.1) is 6.92 Å². The quantitative estimate of drug-likeness (QED) is 0.511. The van der Waals surface area contributed by atoms with Crippen LogP contribution in [0.1, 0.15) is 35.5 Å². The Kier molecular flexibility index (Phi) is 7.19. The van der Waals surface area contributed by atoms with E-state index in [1.54, 1.807) is 5.38 Å². The molecule has 0 aliphatic carbocycles. The number of nitrogens with one attached hydrogen (secondary N) is 3. The molecular weight excluding hydrogens is 396 g/mol. The summed E-state index contributed by atoms with van der Waals surface area (Å²) >= 11 is 1.35. The first-order valence-corrected chi connectivity index (χ1v) is 10.7. The van der Waals surface area contributed by atoms with Gasteiger partial charge in [0.2, 0.25) is 5.91 Å². The van der Waals surface area contributed by atoms with Gasteiger partial charge in [0.15, 0.2) is 5.13 Å². The summed E-state index contributed by atoms with van der Waals surface area (Å²) in [6, 6.07) is 16.9.